The summed E-state index contributed by atoms with van der Waals surface area (Å²) in [5, 5.41) is 20.0. The monoisotopic (exact) mass is 298 g/mol. The van der Waals surface area contributed by atoms with Gasteiger partial charge in [-0.1, -0.05) is 11.8 Å². The Bertz CT molecular complexity index is 475. The van der Waals surface area contributed by atoms with Crippen molar-refractivity contribution in [1.29, 1.82) is 0 Å². The molecule has 1 aromatic rings. The average Bonchev–Trinajstić information content (AvgIpc) is 2.45. The summed E-state index contributed by atoms with van der Waals surface area (Å²) in [5.41, 5.74) is 0.622. The molecule has 0 aliphatic heterocycles. The van der Waals surface area contributed by atoms with E-state index >= 15 is 0 Å². The highest BCUT2D eigenvalue weighted by Crippen LogP contribution is 2.26. The maximum absolute atomic E-state index is 11.0. The summed E-state index contributed by atoms with van der Waals surface area (Å²) < 4.78 is 5.04. The van der Waals surface area contributed by atoms with Gasteiger partial charge in [0.15, 0.2) is 5.12 Å². The van der Waals surface area contributed by atoms with Gasteiger partial charge in [0, 0.05) is 18.2 Å². The van der Waals surface area contributed by atoms with Crippen molar-refractivity contribution in [3.8, 4) is 5.75 Å². The summed E-state index contributed by atoms with van der Waals surface area (Å²) in [5.74, 6) is 0.906. The zero-order valence-corrected chi connectivity index (χ0v) is 12.2. The van der Waals surface area contributed by atoms with Gasteiger partial charge in [-0.15, -0.1) is 0 Å². The number of aliphatic hydroxyl groups excluding tert-OH is 2. The number of aliphatic hydroxyl groups is 2. The number of rotatable bonds is 7. The zero-order chi connectivity index (χ0) is 15.1. The molecule has 0 radical (unpaired) electrons. The topological polar surface area (TPSA) is 83.8 Å². The van der Waals surface area contributed by atoms with E-state index in [1.807, 2.05) is 0 Å². The SMILES string of the molecule is COc1ccc(C=O)c(C(O)C(O)CCSC(C)=O)c1. The van der Waals surface area contributed by atoms with Crippen molar-refractivity contribution in [2.24, 2.45) is 0 Å². The number of ether oxygens (including phenoxy) is 1. The largest absolute Gasteiger partial charge is 0.497 e. The molecule has 0 aliphatic carbocycles. The van der Waals surface area contributed by atoms with Gasteiger partial charge in [0.2, 0.25) is 0 Å². The fourth-order valence-corrected chi connectivity index (χ4v) is 2.38. The summed E-state index contributed by atoms with van der Waals surface area (Å²) >= 11 is 1.09. The minimum absolute atomic E-state index is 0.0401. The van der Waals surface area contributed by atoms with Crippen molar-refractivity contribution in [1.82, 2.24) is 0 Å². The number of aldehydes is 1. The maximum Gasteiger partial charge on any atom is 0.185 e. The van der Waals surface area contributed by atoms with E-state index in [1.54, 1.807) is 6.07 Å². The van der Waals surface area contributed by atoms with Crippen LogP contribution < -0.4 is 4.74 Å². The normalized spacial score (nSPS) is 13.6. The molecule has 5 nitrogen and oxygen atoms in total. The third-order valence-corrected chi connectivity index (χ3v) is 3.67. The van der Waals surface area contributed by atoms with E-state index in [9.17, 15) is 19.8 Å². The standard InChI is InChI=1S/C14H18O5S/c1-9(16)20-6-5-13(17)14(18)12-7-11(19-2)4-3-10(12)8-15/h3-4,7-8,13-14,17-18H,5-6H2,1-2H3. The van der Waals surface area contributed by atoms with Crippen molar-refractivity contribution in [3.05, 3.63) is 29.3 Å². The second-order valence-corrected chi connectivity index (χ2v) is 5.53. The molecule has 0 spiro atoms. The zero-order valence-electron chi connectivity index (χ0n) is 11.4. The third kappa shape index (κ3) is 4.63. The Kier molecular flexibility index (Phi) is 6.70. The first kappa shape index (κ1) is 16.7. The maximum atomic E-state index is 11.0. The molecule has 0 aliphatic rings. The number of hydrogen-bond acceptors (Lipinski definition) is 6. The van der Waals surface area contributed by atoms with E-state index in [0.29, 0.717) is 28.9 Å². The van der Waals surface area contributed by atoms with Crippen molar-refractivity contribution in [2.45, 2.75) is 25.6 Å². The van der Waals surface area contributed by atoms with E-state index in [1.165, 1.54) is 26.2 Å². The number of carbonyl (C=O) groups is 2. The van der Waals surface area contributed by atoms with Gasteiger partial charge in [0.25, 0.3) is 0 Å². The van der Waals surface area contributed by atoms with E-state index in [-0.39, 0.29) is 11.5 Å². The summed E-state index contributed by atoms with van der Waals surface area (Å²) in [4.78, 5) is 21.8. The van der Waals surface area contributed by atoms with Crippen LogP contribution in [0.15, 0.2) is 18.2 Å². The molecule has 2 unspecified atom stereocenters. The summed E-state index contributed by atoms with van der Waals surface area (Å²) in [6.45, 7) is 1.44. The first-order valence-electron chi connectivity index (χ1n) is 6.12. The Balaban J connectivity index is 2.81. The summed E-state index contributed by atoms with van der Waals surface area (Å²) in [7, 11) is 1.48. The molecule has 0 fully saturated rings. The average molecular weight is 298 g/mol. The van der Waals surface area contributed by atoms with Gasteiger partial charge in [0.1, 0.15) is 18.1 Å². The van der Waals surface area contributed by atoms with E-state index in [0.717, 1.165) is 11.8 Å². The number of benzene rings is 1. The molecule has 0 saturated heterocycles. The lowest BCUT2D eigenvalue weighted by atomic mass is 9.97. The van der Waals surface area contributed by atoms with Gasteiger partial charge < -0.3 is 14.9 Å². The van der Waals surface area contributed by atoms with Crippen LogP contribution in [0.25, 0.3) is 0 Å². The van der Waals surface area contributed by atoms with Gasteiger partial charge in [-0.05, 0) is 30.2 Å². The van der Waals surface area contributed by atoms with Gasteiger partial charge >= 0.3 is 0 Å². The lowest BCUT2D eigenvalue weighted by Gasteiger charge is -2.19. The van der Waals surface area contributed by atoms with Crippen LogP contribution in [0.1, 0.15) is 35.4 Å². The molecule has 20 heavy (non-hydrogen) atoms. The van der Waals surface area contributed by atoms with Crippen molar-refractivity contribution in [2.75, 3.05) is 12.9 Å². The number of methoxy groups -OCH3 is 1. The Morgan fingerprint density at radius 2 is 2.15 bits per heavy atom. The third-order valence-electron chi connectivity index (χ3n) is 2.82. The first-order chi connectivity index (χ1) is 9.49. The Hall–Kier alpha value is -1.37. The fraction of sp³-hybridized carbons (Fsp3) is 0.429. The van der Waals surface area contributed by atoms with Crippen LogP contribution in [-0.4, -0.2) is 40.6 Å². The second-order valence-electron chi connectivity index (χ2n) is 4.25. The van der Waals surface area contributed by atoms with Crippen LogP contribution in [0.3, 0.4) is 0 Å². The van der Waals surface area contributed by atoms with Crippen LogP contribution in [0.2, 0.25) is 0 Å². The fourth-order valence-electron chi connectivity index (χ4n) is 1.73. The minimum atomic E-state index is -1.20. The van der Waals surface area contributed by atoms with Crippen LogP contribution in [-0.2, 0) is 4.79 Å². The highest BCUT2D eigenvalue weighted by molar-refractivity contribution is 8.13. The quantitative estimate of drug-likeness (QED) is 0.743. The molecule has 0 aromatic heterocycles. The van der Waals surface area contributed by atoms with Gasteiger partial charge in [-0.25, -0.2) is 0 Å². The molecular weight excluding hydrogens is 280 g/mol. The molecule has 0 bridgehead atoms. The van der Waals surface area contributed by atoms with Crippen molar-refractivity contribution in [3.63, 3.8) is 0 Å². The number of carbonyl (C=O) groups excluding carboxylic acids is 2. The number of thioether (sulfide) groups is 1. The molecule has 6 heteroatoms. The molecular formula is C14H18O5S. The lowest BCUT2D eigenvalue weighted by molar-refractivity contribution is -0.109. The van der Waals surface area contributed by atoms with E-state index < -0.39 is 12.2 Å². The van der Waals surface area contributed by atoms with Crippen LogP contribution >= 0.6 is 11.8 Å². The van der Waals surface area contributed by atoms with E-state index in [2.05, 4.69) is 0 Å². The Morgan fingerprint density at radius 1 is 1.45 bits per heavy atom. The Labute approximate surface area is 121 Å². The van der Waals surface area contributed by atoms with Crippen LogP contribution in [0.4, 0.5) is 0 Å². The lowest BCUT2D eigenvalue weighted by Crippen LogP contribution is -2.20. The van der Waals surface area contributed by atoms with Crippen LogP contribution in [0.5, 0.6) is 5.75 Å². The van der Waals surface area contributed by atoms with Gasteiger partial charge in [-0.3, -0.25) is 9.59 Å². The predicted octanol–water partition coefficient (Wildman–Crippen LogP) is 1.57. The van der Waals surface area contributed by atoms with Gasteiger partial charge in [0.05, 0.1) is 13.2 Å². The van der Waals surface area contributed by atoms with E-state index in [4.69, 9.17) is 4.74 Å². The molecule has 0 heterocycles. The van der Waals surface area contributed by atoms with Crippen molar-refractivity contribution < 1.29 is 24.5 Å². The molecule has 2 N–H and O–H groups in total. The molecule has 0 saturated carbocycles. The predicted molar refractivity (Wildman–Crippen MR) is 77.1 cm³/mol. The molecule has 2 atom stereocenters. The highest BCUT2D eigenvalue weighted by Gasteiger charge is 2.21. The smallest absolute Gasteiger partial charge is 0.185 e. The first-order valence-corrected chi connectivity index (χ1v) is 7.10. The second kappa shape index (κ2) is 8.04. The Morgan fingerprint density at radius 3 is 2.70 bits per heavy atom. The van der Waals surface area contributed by atoms with Gasteiger partial charge in [-0.2, -0.15) is 0 Å². The van der Waals surface area contributed by atoms with Crippen molar-refractivity contribution >= 4 is 23.2 Å². The van der Waals surface area contributed by atoms with Crippen LogP contribution in [0, 0.1) is 0 Å². The molecule has 1 aromatic carbocycles. The highest BCUT2D eigenvalue weighted by atomic mass is 32.2. The molecule has 0 amide bonds. The number of hydrogen-bond donors (Lipinski definition) is 2. The molecule has 1 rings (SSSR count). The minimum Gasteiger partial charge on any atom is -0.497 e. The summed E-state index contributed by atoms with van der Waals surface area (Å²) in [6, 6.07) is 4.66. The summed E-state index contributed by atoms with van der Waals surface area (Å²) in [6.07, 6.45) is -1.37. The molecule has 110 valence electrons.